The lowest BCUT2D eigenvalue weighted by atomic mass is 9.98. The van der Waals surface area contributed by atoms with Crippen LogP contribution in [0.4, 0.5) is 0 Å². The van der Waals surface area contributed by atoms with Gasteiger partial charge in [-0.2, -0.15) is 0 Å². The normalized spacial score (nSPS) is 18.0. The van der Waals surface area contributed by atoms with Crippen molar-refractivity contribution in [1.29, 1.82) is 0 Å². The van der Waals surface area contributed by atoms with Crippen LogP contribution in [0.15, 0.2) is 42.9 Å². The number of likely N-dealkylation sites (tertiary alicyclic amines) is 1. The monoisotopic (exact) mass is 336 g/mol. The van der Waals surface area contributed by atoms with Gasteiger partial charge in [0.05, 0.1) is 0 Å². The van der Waals surface area contributed by atoms with E-state index >= 15 is 0 Å². The molecule has 5 nitrogen and oxygen atoms in total. The Balaban J connectivity index is 1.51. The number of benzene rings is 1. The lowest BCUT2D eigenvalue weighted by molar-refractivity contribution is 0.0595. The lowest BCUT2D eigenvalue weighted by Gasteiger charge is -2.36. The maximum atomic E-state index is 13.1. The van der Waals surface area contributed by atoms with E-state index in [1.54, 1.807) is 0 Å². The third-order valence-electron chi connectivity index (χ3n) is 5.32. The SMILES string of the molecule is Cc1nccn1CC[C@H]1CCCCN1C(=O)c1ccc2cc[nH]c2c1. The van der Waals surface area contributed by atoms with Gasteiger partial charge in [0, 0.05) is 48.8 Å². The van der Waals surface area contributed by atoms with Crippen LogP contribution in [0.3, 0.4) is 0 Å². The smallest absolute Gasteiger partial charge is 0.254 e. The molecule has 1 saturated heterocycles. The molecule has 25 heavy (non-hydrogen) atoms. The second-order valence-corrected chi connectivity index (χ2v) is 6.88. The Kier molecular flexibility index (Phi) is 4.30. The molecule has 0 aliphatic carbocycles. The van der Waals surface area contributed by atoms with Gasteiger partial charge in [-0.15, -0.1) is 0 Å². The molecule has 4 rings (SSSR count). The molecule has 1 amide bonds. The predicted octanol–water partition coefficient (Wildman–Crippen LogP) is 3.76. The topological polar surface area (TPSA) is 53.9 Å². The van der Waals surface area contributed by atoms with Gasteiger partial charge >= 0.3 is 0 Å². The predicted molar refractivity (Wildman–Crippen MR) is 98.6 cm³/mol. The fourth-order valence-electron chi connectivity index (χ4n) is 3.84. The lowest BCUT2D eigenvalue weighted by Crippen LogP contribution is -2.44. The molecule has 5 heteroatoms. The Bertz CT molecular complexity index is 879. The number of hydrogen-bond acceptors (Lipinski definition) is 2. The zero-order chi connectivity index (χ0) is 17.2. The summed E-state index contributed by atoms with van der Waals surface area (Å²) in [4.78, 5) is 22.7. The van der Waals surface area contributed by atoms with Gasteiger partial charge in [-0.1, -0.05) is 6.07 Å². The number of fused-ring (bicyclic) bond motifs is 1. The first-order chi connectivity index (χ1) is 12.2. The minimum Gasteiger partial charge on any atom is -0.361 e. The standard InChI is InChI=1S/C20H24N4O/c1-15-21-10-13-23(15)12-8-18-4-2-3-11-24(18)20(25)17-6-5-16-7-9-22-19(16)14-17/h5-7,9-10,13-14,18,22H,2-4,8,11-12H2,1H3/t18-/m1/s1. The number of imidazole rings is 1. The van der Waals surface area contributed by atoms with Crippen molar-refractivity contribution >= 4 is 16.8 Å². The molecule has 0 unspecified atom stereocenters. The largest absolute Gasteiger partial charge is 0.361 e. The highest BCUT2D eigenvalue weighted by molar-refractivity contribution is 5.98. The molecule has 0 bridgehead atoms. The fourth-order valence-corrected chi connectivity index (χ4v) is 3.84. The number of nitrogens with zero attached hydrogens (tertiary/aromatic N) is 3. The molecule has 1 fully saturated rings. The average Bonchev–Trinajstić information content (AvgIpc) is 3.27. The van der Waals surface area contributed by atoms with Crippen LogP contribution in [0.25, 0.3) is 10.9 Å². The summed E-state index contributed by atoms with van der Waals surface area (Å²) in [5, 5.41) is 1.14. The molecule has 1 atom stereocenters. The summed E-state index contributed by atoms with van der Waals surface area (Å²) < 4.78 is 2.17. The second-order valence-electron chi connectivity index (χ2n) is 6.88. The number of amides is 1. The highest BCUT2D eigenvalue weighted by Gasteiger charge is 2.27. The number of nitrogens with one attached hydrogen (secondary N) is 1. The van der Waals surface area contributed by atoms with Crippen LogP contribution in [0.1, 0.15) is 41.9 Å². The first-order valence-corrected chi connectivity index (χ1v) is 9.08. The highest BCUT2D eigenvalue weighted by atomic mass is 16.2. The maximum absolute atomic E-state index is 13.1. The zero-order valence-electron chi connectivity index (χ0n) is 14.6. The van der Waals surface area contributed by atoms with Crippen molar-refractivity contribution in [2.75, 3.05) is 6.54 Å². The van der Waals surface area contributed by atoms with E-state index in [2.05, 4.69) is 19.4 Å². The number of aryl methyl sites for hydroxylation is 2. The van der Waals surface area contributed by atoms with Crippen LogP contribution >= 0.6 is 0 Å². The molecule has 1 N–H and O–H groups in total. The van der Waals surface area contributed by atoms with Gasteiger partial charge in [0.2, 0.25) is 0 Å². The van der Waals surface area contributed by atoms with Gasteiger partial charge in [-0.3, -0.25) is 4.79 Å². The number of carbonyl (C=O) groups excluding carboxylic acids is 1. The third-order valence-corrected chi connectivity index (χ3v) is 5.32. The average molecular weight is 336 g/mol. The number of rotatable bonds is 4. The summed E-state index contributed by atoms with van der Waals surface area (Å²) in [5.41, 5.74) is 1.80. The van der Waals surface area contributed by atoms with Crippen LogP contribution < -0.4 is 0 Å². The van der Waals surface area contributed by atoms with Crippen LogP contribution in [0.5, 0.6) is 0 Å². The van der Waals surface area contributed by atoms with E-state index in [1.807, 2.05) is 49.8 Å². The third kappa shape index (κ3) is 3.18. The summed E-state index contributed by atoms with van der Waals surface area (Å²) >= 11 is 0. The molecule has 2 aromatic heterocycles. The summed E-state index contributed by atoms with van der Waals surface area (Å²) in [7, 11) is 0. The van der Waals surface area contributed by atoms with Crippen molar-refractivity contribution in [1.82, 2.24) is 19.4 Å². The van der Waals surface area contributed by atoms with Gasteiger partial charge in [-0.05, 0) is 56.2 Å². The van der Waals surface area contributed by atoms with E-state index < -0.39 is 0 Å². The number of aromatic amines is 1. The summed E-state index contributed by atoms with van der Waals surface area (Å²) in [6, 6.07) is 8.28. The number of H-pyrrole nitrogens is 1. The van der Waals surface area contributed by atoms with Crippen molar-refractivity contribution < 1.29 is 4.79 Å². The van der Waals surface area contributed by atoms with Crippen LogP contribution in [-0.2, 0) is 6.54 Å². The molecule has 0 radical (unpaired) electrons. The Labute approximate surface area is 147 Å². The Morgan fingerprint density at radius 2 is 2.24 bits per heavy atom. The zero-order valence-corrected chi connectivity index (χ0v) is 14.6. The molecule has 0 spiro atoms. The Hall–Kier alpha value is -2.56. The molecular formula is C20H24N4O. The van der Waals surface area contributed by atoms with E-state index in [0.717, 1.165) is 54.6 Å². The first kappa shape index (κ1) is 15.9. The second kappa shape index (κ2) is 6.75. The van der Waals surface area contributed by atoms with E-state index in [0.29, 0.717) is 6.04 Å². The molecular weight excluding hydrogens is 312 g/mol. The van der Waals surface area contributed by atoms with E-state index in [9.17, 15) is 4.79 Å². The van der Waals surface area contributed by atoms with Gasteiger partial charge < -0.3 is 14.5 Å². The maximum Gasteiger partial charge on any atom is 0.254 e. The molecule has 130 valence electrons. The summed E-state index contributed by atoms with van der Waals surface area (Å²) in [5.74, 6) is 1.19. The van der Waals surface area contributed by atoms with Crippen molar-refractivity contribution in [3.63, 3.8) is 0 Å². The Morgan fingerprint density at radius 3 is 3.08 bits per heavy atom. The summed E-state index contributed by atoms with van der Waals surface area (Å²) in [6.07, 6.45) is 10.1. The van der Waals surface area contributed by atoms with E-state index in [1.165, 1.54) is 6.42 Å². The quantitative estimate of drug-likeness (QED) is 0.789. The Morgan fingerprint density at radius 1 is 1.32 bits per heavy atom. The van der Waals surface area contributed by atoms with Crippen LogP contribution in [0, 0.1) is 6.92 Å². The minimum atomic E-state index is 0.156. The molecule has 0 saturated carbocycles. The van der Waals surface area contributed by atoms with E-state index in [4.69, 9.17) is 0 Å². The number of piperidine rings is 1. The van der Waals surface area contributed by atoms with Crippen molar-refractivity contribution in [3.8, 4) is 0 Å². The fraction of sp³-hybridized carbons (Fsp3) is 0.400. The van der Waals surface area contributed by atoms with Crippen LogP contribution in [0.2, 0.25) is 0 Å². The van der Waals surface area contributed by atoms with Gasteiger partial charge in [0.25, 0.3) is 5.91 Å². The molecule has 1 aliphatic rings. The molecule has 3 aromatic rings. The molecule has 3 heterocycles. The summed E-state index contributed by atoms with van der Waals surface area (Å²) in [6.45, 7) is 3.79. The van der Waals surface area contributed by atoms with Gasteiger partial charge in [-0.25, -0.2) is 4.98 Å². The van der Waals surface area contributed by atoms with Gasteiger partial charge in [0.15, 0.2) is 0 Å². The van der Waals surface area contributed by atoms with Crippen molar-refractivity contribution in [3.05, 3.63) is 54.2 Å². The number of aromatic nitrogens is 3. The number of carbonyl (C=O) groups is 1. The van der Waals surface area contributed by atoms with E-state index in [-0.39, 0.29) is 5.91 Å². The van der Waals surface area contributed by atoms with Gasteiger partial charge in [0.1, 0.15) is 5.82 Å². The first-order valence-electron chi connectivity index (χ1n) is 9.08. The minimum absolute atomic E-state index is 0.156. The number of hydrogen-bond donors (Lipinski definition) is 1. The van der Waals surface area contributed by atoms with Crippen molar-refractivity contribution in [2.24, 2.45) is 0 Å². The van der Waals surface area contributed by atoms with Crippen LogP contribution in [-0.4, -0.2) is 37.9 Å². The van der Waals surface area contributed by atoms with Crippen molar-refractivity contribution in [2.45, 2.75) is 45.2 Å². The molecule has 1 aromatic carbocycles. The molecule has 1 aliphatic heterocycles. The highest BCUT2D eigenvalue weighted by Crippen LogP contribution is 2.24.